The van der Waals surface area contributed by atoms with Crippen molar-refractivity contribution in [2.75, 3.05) is 26.4 Å². The van der Waals surface area contributed by atoms with Gasteiger partial charge in [0.15, 0.2) is 52.4 Å². The summed E-state index contributed by atoms with van der Waals surface area (Å²) in [7, 11) is 0. The molecule has 2 fully saturated rings. The number of Topliss-reactive ketones (excluding diaryl/α,β-unsaturated/α-hetero) is 2. The molecule has 0 radical (unpaired) electrons. The van der Waals surface area contributed by atoms with Gasteiger partial charge in [-0.05, 0) is 53.8 Å². The third-order valence-electron chi connectivity index (χ3n) is 11.8. The highest BCUT2D eigenvalue weighted by Gasteiger charge is 2.44. The Hall–Kier alpha value is -7.01. The van der Waals surface area contributed by atoms with Crippen molar-refractivity contribution in [2.45, 2.75) is 83.5 Å². The van der Waals surface area contributed by atoms with Crippen LogP contribution in [0.25, 0.3) is 0 Å². The highest BCUT2D eigenvalue weighted by atomic mass is 16.6. The van der Waals surface area contributed by atoms with E-state index in [1.165, 1.54) is 12.1 Å². The highest BCUT2D eigenvalue weighted by Crippen LogP contribution is 2.42. The molecular weight excluding hydrogens is 901 g/mol. The average Bonchev–Trinajstić information content (AvgIpc) is 3.28. The summed E-state index contributed by atoms with van der Waals surface area (Å²) >= 11 is 0. The third-order valence-corrected chi connectivity index (χ3v) is 11.8. The first kappa shape index (κ1) is 52.0. The Morgan fingerprint density at radius 3 is 1.71 bits per heavy atom. The van der Waals surface area contributed by atoms with E-state index < -0.39 is 179 Å². The van der Waals surface area contributed by atoms with Gasteiger partial charge in [-0.2, -0.15) is 0 Å². The van der Waals surface area contributed by atoms with E-state index in [1.54, 1.807) is 27.7 Å². The number of ether oxygens (including phenoxy) is 4. The Morgan fingerprint density at radius 1 is 0.691 bits per heavy atom. The van der Waals surface area contributed by atoms with Crippen molar-refractivity contribution < 1.29 is 98.5 Å². The van der Waals surface area contributed by atoms with Crippen LogP contribution < -0.4 is 10.6 Å². The van der Waals surface area contributed by atoms with Crippen LogP contribution >= 0.6 is 0 Å². The first-order valence-corrected chi connectivity index (χ1v) is 21.3. The van der Waals surface area contributed by atoms with Gasteiger partial charge in [0.1, 0.15) is 37.8 Å². The van der Waals surface area contributed by atoms with Gasteiger partial charge in [-0.15, -0.1) is 0 Å². The zero-order chi connectivity index (χ0) is 50.4. The van der Waals surface area contributed by atoms with Gasteiger partial charge in [0.2, 0.25) is 0 Å². The van der Waals surface area contributed by atoms with Crippen molar-refractivity contribution in [2.24, 2.45) is 23.2 Å². The molecule has 9 atom stereocenters. The lowest BCUT2D eigenvalue weighted by atomic mass is 9.76. The largest absolute Gasteiger partial charge is 0.504 e. The van der Waals surface area contributed by atoms with Crippen molar-refractivity contribution in [1.29, 1.82) is 0 Å². The maximum Gasteiger partial charge on any atom is 0.332 e. The molecule has 22 heteroatoms. The number of benzene rings is 3. The number of aromatic hydroxyl groups is 6. The van der Waals surface area contributed by atoms with Gasteiger partial charge < -0.3 is 75.5 Å². The van der Waals surface area contributed by atoms with Crippen LogP contribution in [0, 0.1) is 23.2 Å². The van der Waals surface area contributed by atoms with Crippen LogP contribution in [0.5, 0.6) is 34.5 Å². The molecule has 68 heavy (non-hydrogen) atoms. The first-order valence-electron chi connectivity index (χ1n) is 21.3. The van der Waals surface area contributed by atoms with Gasteiger partial charge >= 0.3 is 17.9 Å². The SMILES string of the molecule is CC1C(CCC(=O)C(CO)C(C)(C)C)OC(c2cc(O)c(O)c(C(=O)C[C@H]3COC(=O)[C@@H](NC(=O)c4cccc(O)c4O)COC(=O)[C@@H](NC(=O)c4cccc(O)c4O)COC3=O)c2)C(O)C1O. The van der Waals surface area contributed by atoms with Crippen molar-refractivity contribution >= 4 is 41.3 Å². The number of rotatable bonds is 13. The Bertz CT molecular complexity index is 2350. The van der Waals surface area contributed by atoms with Gasteiger partial charge in [0.05, 0.1) is 41.4 Å². The standard InChI is InChI=1S/C46H54N2O20/c1-20-34(12-11-29(50)26(16-49)46(2,3)4)68-40(39(59)35(20)55)21-13-25(38(58)33(54)14-21)32(53)15-22-17-65-44(63)28(48-42(61)24-8-6-10-31(52)37(24)57)19-67-45(64)27(18-66-43(22)62)47-41(60)23-7-5-9-30(51)36(23)56/h5-10,13-14,20,22,26-28,34-35,39-40,49,51-52,54-59H,11-12,15-19H2,1-4H3,(H,47,60)(H,48,61)/t20?,22-,26?,27-,28-,34?,35?,39?,40?/m0/s1. The normalized spacial score (nSPS) is 24.2. The Kier molecular flexibility index (Phi) is 16.6. The van der Waals surface area contributed by atoms with Crippen LogP contribution in [-0.4, -0.2) is 144 Å². The van der Waals surface area contributed by atoms with Gasteiger partial charge in [-0.25, -0.2) is 9.59 Å². The van der Waals surface area contributed by atoms with E-state index in [0.29, 0.717) is 0 Å². The Morgan fingerprint density at radius 2 is 1.19 bits per heavy atom. The molecular formula is C46H54N2O20. The summed E-state index contributed by atoms with van der Waals surface area (Å²) in [5.41, 5.74) is -2.39. The lowest BCUT2D eigenvalue weighted by Crippen LogP contribution is -2.50. The fraction of sp³-hybridized carbons (Fsp3) is 0.457. The second-order valence-electron chi connectivity index (χ2n) is 17.6. The molecule has 2 heterocycles. The minimum atomic E-state index is -1.92. The molecule has 2 aliphatic heterocycles. The molecule has 2 amide bonds. The highest BCUT2D eigenvalue weighted by molar-refractivity contribution is 6.02. The monoisotopic (exact) mass is 954 g/mol. The van der Waals surface area contributed by atoms with Crippen molar-refractivity contribution in [1.82, 2.24) is 10.6 Å². The smallest absolute Gasteiger partial charge is 0.332 e. The third kappa shape index (κ3) is 11.9. The lowest BCUT2D eigenvalue weighted by molar-refractivity contribution is -0.200. The van der Waals surface area contributed by atoms with Crippen LogP contribution in [0.1, 0.15) is 89.7 Å². The summed E-state index contributed by atoms with van der Waals surface area (Å²) in [4.78, 5) is 94.1. The molecule has 0 spiro atoms. The maximum absolute atomic E-state index is 14.0. The second kappa shape index (κ2) is 21.7. The van der Waals surface area contributed by atoms with E-state index in [-0.39, 0.29) is 24.2 Å². The minimum Gasteiger partial charge on any atom is -0.504 e. The number of cyclic esters (lactones) is 3. The van der Waals surface area contributed by atoms with Gasteiger partial charge in [-0.3, -0.25) is 24.0 Å². The van der Waals surface area contributed by atoms with E-state index in [9.17, 15) is 79.5 Å². The van der Waals surface area contributed by atoms with Crippen LogP contribution in [0.2, 0.25) is 0 Å². The van der Waals surface area contributed by atoms with Gasteiger partial charge in [0.25, 0.3) is 11.8 Å². The van der Waals surface area contributed by atoms with E-state index in [2.05, 4.69) is 10.6 Å². The maximum atomic E-state index is 14.0. The predicted octanol–water partition coefficient (Wildman–Crippen LogP) is 1.15. The molecule has 3 aromatic rings. The molecule has 2 aliphatic rings. The van der Waals surface area contributed by atoms with Crippen molar-refractivity contribution in [3.05, 3.63) is 70.8 Å². The predicted molar refractivity (Wildman–Crippen MR) is 230 cm³/mol. The van der Waals surface area contributed by atoms with Crippen LogP contribution in [0.3, 0.4) is 0 Å². The van der Waals surface area contributed by atoms with Gasteiger partial charge in [0, 0.05) is 24.7 Å². The number of para-hydroxylation sites is 2. The zero-order valence-corrected chi connectivity index (χ0v) is 37.3. The quantitative estimate of drug-likeness (QED) is 0.0495. The summed E-state index contributed by atoms with van der Waals surface area (Å²) in [6, 6.07) is 4.81. The number of amides is 2. The molecule has 0 bridgehead atoms. The van der Waals surface area contributed by atoms with Crippen LogP contribution in [0.15, 0.2) is 48.5 Å². The second-order valence-corrected chi connectivity index (χ2v) is 17.6. The first-order chi connectivity index (χ1) is 31.9. The lowest BCUT2D eigenvalue weighted by Gasteiger charge is -2.42. The average molecular weight is 955 g/mol. The number of carbonyl (C=O) groups excluding carboxylic acids is 7. The van der Waals surface area contributed by atoms with E-state index in [1.807, 2.05) is 0 Å². The topological polar surface area (TPSA) is 363 Å². The number of carbonyl (C=O) groups is 7. The number of aliphatic hydroxyl groups is 3. The molecule has 6 unspecified atom stereocenters. The number of nitrogens with one attached hydrogen (secondary N) is 2. The fourth-order valence-electron chi connectivity index (χ4n) is 7.66. The molecule has 0 aliphatic carbocycles. The molecule has 3 aromatic carbocycles. The number of phenolic OH excluding ortho intramolecular Hbond substituents is 6. The summed E-state index contributed by atoms with van der Waals surface area (Å²) in [6.07, 6.45) is -6.41. The van der Waals surface area contributed by atoms with Crippen molar-refractivity contribution in [3.8, 4) is 34.5 Å². The number of ketones is 2. The van der Waals surface area contributed by atoms with Gasteiger partial charge in [-0.1, -0.05) is 39.8 Å². The molecule has 22 nitrogen and oxygen atoms in total. The minimum absolute atomic E-state index is 0.0503. The molecule has 368 valence electrons. The van der Waals surface area contributed by atoms with Crippen molar-refractivity contribution in [3.63, 3.8) is 0 Å². The number of phenols is 6. The zero-order valence-electron chi connectivity index (χ0n) is 37.3. The van der Waals surface area contributed by atoms with E-state index in [0.717, 1.165) is 36.4 Å². The number of esters is 3. The molecule has 11 N–H and O–H groups in total. The summed E-state index contributed by atoms with van der Waals surface area (Å²) < 4.78 is 21.9. The number of hydrogen-bond donors (Lipinski definition) is 11. The Labute approximate surface area is 388 Å². The van der Waals surface area contributed by atoms with E-state index in [4.69, 9.17) is 18.9 Å². The summed E-state index contributed by atoms with van der Waals surface area (Å²) in [5, 5.41) is 98.5. The summed E-state index contributed by atoms with van der Waals surface area (Å²) in [5.74, 6) is -16.1. The fourth-order valence-corrected chi connectivity index (χ4v) is 7.66. The summed E-state index contributed by atoms with van der Waals surface area (Å²) in [6.45, 7) is 3.57. The van der Waals surface area contributed by atoms with E-state index >= 15 is 0 Å². The molecule has 0 saturated carbocycles. The van der Waals surface area contributed by atoms with Crippen LogP contribution in [0.4, 0.5) is 0 Å². The number of aliphatic hydroxyl groups excluding tert-OH is 3. The molecule has 5 rings (SSSR count). The number of hydrogen-bond acceptors (Lipinski definition) is 20. The molecule has 2 saturated heterocycles. The Balaban J connectivity index is 1.42. The van der Waals surface area contributed by atoms with Crippen LogP contribution in [-0.2, 0) is 38.1 Å². The molecule has 0 aromatic heterocycles.